The molecule has 2 aromatic rings. The van der Waals surface area contributed by atoms with E-state index < -0.39 is 0 Å². The van der Waals surface area contributed by atoms with Gasteiger partial charge in [-0.05, 0) is 36.8 Å². The lowest BCUT2D eigenvalue weighted by Crippen LogP contribution is -2.04. The van der Waals surface area contributed by atoms with Gasteiger partial charge in [0.15, 0.2) is 5.82 Å². The molecule has 1 fully saturated rings. The Morgan fingerprint density at radius 3 is 3.15 bits per heavy atom. The van der Waals surface area contributed by atoms with Crippen LogP contribution in [-0.2, 0) is 6.54 Å². The molecule has 0 bridgehead atoms. The van der Waals surface area contributed by atoms with Crippen LogP contribution >= 0.6 is 23.4 Å². The minimum Gasteiger partial charge on any atom is -0.376 e. The number of hydrogen-bond acceptors (Lipinski definition) is 5. The summed E-state index contributed by atoms with van der Waals surface area (Å²) in [5.74, 6) is 2.64. The molecule has 6 heteroatoms. The maximum Gasteiger partial charge on any atom is 0.245 e. The number of rotatable bonds is 4. The molecule has 1 aliphatic rings. The molecule has 20 heavy (non-hydrogen) atoms. The van der Waals surface area contributed by atoms with Crippen molar-refractivity contribution in [2.75, 3.05) is 11.1 Å². The van der Waals surface area contributed by atoms with E-state index in [1.807, 2.05) is 36.0 Å². The van der Waals surface area contributed by atoms with Gasteiger partial charge in [-0.15, -0.1) is 0 Å². The molecule has 1 saturated heterocycles. The molecule has 0 radical (unpaired) electrons. The summed E-state index contributed by atoms with van der Waals surface area (Å²) in [5, 5.41) is 8.43. The van der Waals surface area contributed by atoms with Gasteiger partial charge in [-0.1, -0.05) is 29.2 Å². The van der Waals surface area contributed by atoms with Crippen LogP contribution in [0.15, 0.2) is 28.8 Å². The van der Waals surface area contributed by atoms with Gasteiger partial charge in [0.1, 0.15) is 0 Å². The standard InChI is InChI=1S/C14H16ClN3OS/c15-10-4-3-5-11(8-10)16-9-13-17-14(18-19-13)12-6-1-2-7-20-12/h3-5,8,12,16H,1-2,6-7,9H2. The van der Waals surface area contributed by atoms with Crippen LogP contribution < -0.4 is 5.32 Å². The molecule has 0 saturated carbocycles. The second-order valence-electron chi connectivity index (χ2n) is 4.77. The molecular weight excluding hydrogens is 294 g/mol. The van der Waals surface area contributed by atoms with Crippen LogP contribution in [0.5, 0.6) is 0 Å². The van der Waals surface area contributed by atoms with Gasteiger partial charge in [-0.2, -0.15) is 16.7 Å². The summed E-state index contributed by atoms with van der Waals surface area (Å²) in [6.07, 6.45) is 3.69. The first kappa shape index (κ1) is 13.8. The van der Waals surface area contributed by atoms with E-state index in [1.54, 1.807) is 0 Å². The minimum absolute atomic E-state index is 0.396. The minimum atomic E-state index is 0.396. The number of hydrogen-bond donors (Lipinski definition) is 1. The van der Waals surface area contributed by atoms with E-state index in [4.69, 9.17) is 16.1 Å². The molecule has 106 valence electrons. The summed E-state index contributed by atoms with van der Waals surface area (Å²) in [5.41, 5.74) is 0.948. The molecule has 3 rings (SSSR count). The lowest BCUT2D eigenvalue weighted by Gasteiger charge is -2.17. The molecule has 1 unspecified atom stereocenters. The number of benzene rings is 1. The fourth-order valence-corrected chi connectivity index (χ4v) is 3.61. The third-order valence-electron chi connectivity index (χ3n) is 3.22. The average molecular weight is 310 g/mol. The fourth-order valence-electron chi connectivity index (χ4n) is 2.19. The van der Waals surface area contributed by atoms with Gasteiger partial charge in [0, 0.05) is 10.7 Å². The summed E-state index contributed by atoms with van der Waals surface area (Å²) in [6.45, 7) is 0.519. The number of aromatic nitrogens is 2. The first-order chi connectivity index (χ1) is 9.81. The van der Waals surface area contributed by atoms with Crippen LogP contribution in [-0.4, -0.2) is 15.9 Å². The highest BCUT2D eigenvalue weighted by Crippen LogP contribution is 2.36. The zero-order chi connectivity index (χ0) is 13.8. The summed E-state index contributed by atoms with van der Waals surface area (Å²) in [7, 11) is 0. The van der Waals surface area contributed by atoms with Gasteiger partial charge in [-0.3, -0.25) is 0 Å². The van der Waals surface area contributed by atoms with E-state index in [2.05, 4.69) is 15.5 Å². The molecule has 0 spiro atoms. The van der Waals surface area contributed by atoms with E-state index in [0.717, 1.165) is 17.9 Å². The Labute approximate surface area is 127 Å². The number of anilines is 1. The SMILES string of the molecule is Clc1cccc(NCc2nc(C3CCCCS3)no2)c1. The van der Waals surface area contributed by atoms with Crippen molar-refractivity contribution >= 4 is 29.1 Å². The third-order valence-corrected chi connectivity index (χ3v) is 4.83. The monoisotopic (exact) mass is 309 g/mol. The smallest absolute Gasteiger partial charge is 0.245 e. The molecule has 1 N–H and O–H groups in total. The Kier molecular flexibility index (Phi) is 4.47. The first-order valence-corrected chi connectivity index (χ1v) is 8.17. The van der Waals surface area contributed by atoms with E-state index in [-0.39, 0.29) is 0 Å². The van der Waals surface area contributed by atoms with Crippen molar-refractivity contribution in [2.24, 2.45) is 0 Å². The zero-order valence-corrected chi connectivity index (χ0v) is 12.6. The number of nitrogens with zero attached hydrogens (tertiary/aromatic N) is 2. The molecule has 1 aromatic heterocycles. The topological polar surface area (TPSA) is 51.0 Å². The molecule has 1 aliphatic heterocycles. The Bertz CT molecular complexity index is 569. The Morgan fingerprint density at radius 1 is 1.40 bits per heavy atom. The van der Waals surface area contributed by atoms with E-state index in [1.165, 1.54) is 18.6 Å². The molecular formula is C14H16ClN3OS. The first-order valence-electron chi connectivity index (χ1n) is 6.75. The van der Waals surface area contributed by atoms with Gasteiger partial charge in [-0.25, -0.2) is 0 Å². The van der Waals surface area contributed by atoms with Crippen molar-refractivity contribution in [1.82, 2.24) is 10.1 Å². The lowest BCUT2D eigenvalue weighted by molar-refractivity contribution is 0.376. The highest BCUT2D eigenvalue weighted by Gasteiger charge is 2.21. The maximum absolute atomic E-state index is 5.94. The van der Waals surface area contributed by atoms with Crippen molar-refractivity contribution in [3.8, 4) is 0 Å². The van der Waals surface area contributed by atoms with Gasteiger partial charge in [0.05, 0.1) is 11.8 Å². The van der Waals surface area contributed by atoms with Crippen molar-refractivity contribution in [1.29, 1.82) is 0 Å². The van der Waals surface area contributed by atoms with E-state index >= 15 is 0 Å². The summed E-state index contributed by atoms with van der Waals surface area (Å²) >= 11 is 7.86. The molecule has 0 amide bonds. The van der Waals surface area contributed by atoms with E-state index in [9.17, 15) is 0 Å². The zero-order valence-electron chi connectivity index (χ0n) is 11.0. The largest absolute Gasteiger partial charge is 0.376 e. The summed E-state index contributed by atoms with van der Waals surface area (Å²) in [4.78, 5) is 4.48. The van der Waals surface area contributed by atoms with Gasteiger partial charge in [0.2, 0.25) is 5.89 Å². The van der Waals surface area contributed by atoms with Crippen LogP contribution in [0, 0.1) is 0 Å². The second-order valence-corrected chi connectivity index (χ2v) is 6.51. The Morgan fingerprint density at radius 2 is 2.35 bits per heavy atom. The molecule has 1 atom stereocenters. The quantitative estimate of drug-likeness (QED) is 0.913. The van der Waals surface area contributed by atoms with Crippen LogP contribution in [0.3, 0.4) is 0 Å². The van der Waals surface area contributed by atoms with Gasteiger partial charge >= 0.3 is 0 Å². The van der Waals surface area contributed by atoms with Crippen molar-refractivity contribution in [3.63, 3.8) is 0 Å². The third kappa shape index (κ3) is 3.46. The Hall–Kier alpha value is -1.20. The average Bonchev–Trinajstić information content (AvgIpc) is 2.95. The van der Waals surface area contributed by atoms with Gasteiger partial charge < -0.3 is 9.84 Å². The highest BCUT2D eigenvalue weighted by atomic mass is 35.5. The predicted molar refractivity (Wildman–Crippen MR) is 82.1 cm³/mol. The lowest BCUT2D eigenvalue weighted by atomic mass is 10.2. The van der Waals surface area contributed by atoms with Crippen molar-refractivity contribution in [2.45, 2.75) is 31.1 Å². The number of halogens is 1. The van der Waals surface area contributed by atoms with E-state index in [0.29, 0.717) is 22.7 Å². The molecule has 1 aromatic carbocycles. The van der Waals surface area contributed by atoms with Crippen LogP contribution in [0.1, 0.15) is 36.2 Å². The van der Waals surface area contributed by atoms with Crippen molar-refractivity contribution in [3.05, 3.63) is 41.0 Å². The number of thioether (sulfide) groups is 1. The summed E-state index contributed by atoms with van der Waals surface area (Å²) in [6, 6.07) is 7.58. The Balaban J connectivity index is 1.59. The fraction of sp³-hybridized carbons (Fsp3) is 0.429. The predicted octanol–water partition coefficient (Wildman–Crippen LogP) is 4.29. The normalized spacial score (nSPS) is 18.9. The highest BCUT2D eigenvalue weighted by molar-refractivity contribution is 7.99. The van der Waals surface area contributed by atoms with Crippen LogP contribution in [0.25, 0.3) is 0 Å². The van der Waals surface area contributed by atoms with Gasteiger partial charge in [0.25, 0.3) is 0 Å². The van der Waals surface area contributed by atoms with Crippen molar-refractivity contribution < 1.29 is 4.52 Å². The molecule has 0 aliphatic carbocycles. The second kappa shape index (κ2) is 6.50. The molecule has 2 heterocycles. The molecule has 4 nitrogen and oxygen atoms in total. The summed E-state index contributed by atoms with van der Waals surface area (Å²) < 4.78 is 5.30. The number of nitrogens with one attached hydrogen (secondary N) is 1. The van der Waals surface area contributed by atoms with Crippen LogP contribution in [0.4, 0.5) is 5.69 Å². The maximum atomic E-state index is 5.94. The van der Waals surface area contributed by atoms with Crippen LogP contribution in [0.2, 0.25) is 5.02 Å².